The Balaban J connectivity index is 1.80. The van der Waals surface area contributed by atoms with Gasteiger partial charge in [0.05, 0.1) is 12.0 Å². The van der Waals surface area contributed by atoms with Gasteiger partial charge in [0.15, 0.2) is 0 Å². The van der Waals surface area contributed by atoms with E-state index in [1.807, 2.05) is 25.5 Å². The molecule has 0 fully saturated rings. The van der Waals surface area contributed by atoms with Crippen LogP contribution >= 0.6 is 0 Å². The van der Waals surface area contributed by atoms with Gasteiger partial charge in [0.2, 0.25) is 0 Å². The Kier molecular flexibility index (Phi) is 3.59. The van der Waals surface area contributed by atoms with Crippen LogP contribution in [0.15, 0.2) is 31.0 Å². The van der Waals surface area contributed by atoms with Crippen molar-refractivity contribution in [2.45, 2.75) is 19.9 Å². The molecule has 0 bridgehead atoms. The lowest BCUT2D eigenvalue weighted by Crippen LogP contribution is -2.09. The molecule has 5 heteroatoms. The third kappa shape index (κ3) is 2.96. The molecule has 0 saturated carbocycles. The first-order chi connectivity index (χ1) is 8.27. The van der Waals surface area contributed by atoms with Gasteiger partial charge in [-0.15, -0.1) is 0 Å². The lowest BCUT2D eigenvalue weighted by molar-refractivity contribution is 0.660. The fraction of sp³-hybridized carbons (Fsp3) is 0.333. The van der Waals surface area contributed by atoms with Crippen LogP contribution < -0.4 is 11.1 Å². The molecular formula is C12H17N5. The quantitative estimate of drug-likeness (QED) is 0.768. The number of nitrogens with one attached hydrogen (secondary N) is 1. The van der Waals surface area contributed by atoms with Gasteiger partial charge in [-0.2, -0.15) is 0 Å². The lowest BCUT2D eigenvalue weighted by Gasteiger charge is -2.09. The van der Waals surface area contributed by atoms with Crippen LogP contribution in [0.5, 0.6) is 0 Å². The summed E-state index contributed by atoms with van der Waals surface area (Å²) in [5, 5.41) is 3.25. The maximum absolute atomic E-state index is 5.92. The molecule has 2 heterocycles. The van der Waals surface area contributed by atoms with Crippen LogP contribution in [0.2, 0.25) is 0 Å². The first kappa shape index (κ1) is 11.4. The molecule has 17 heavy (non-hydrogen) atoms. The molecule has 2 rings (SSSR count). The maximum Gasteiger partial charge on any atom is 0.149 e. The van der Waals surface area contributed by atoms with Gasteiger partial charge in [-0.3, -0.25) is 0 Å². The van der Waals surface area contributed by atoms with Crippen LogP contribution in [0.25, 0.3) is 0 Å². The fourth-order valence-electron chi connectivity index (χ4n) is 1.60. The normalized spacial score (nSPS) is 10.4. The summed E-state index contributed by atoms with van der Waals surface area (Å²) in [5.74, 6) is 0.774. The zero-order chi connectivity index (χ0) is 12.1. The number of nitrogen functional groups attached to an aromatic ring is 1. The molecule has 90 valence electrons. The van der Waals surface area contributed by atoms with E-state index in [-0.39, 0.29) is 0 Å². The predicted molar refractivity (Wildman–Crippen MR) is 68.7 cm³/mol. The zero-order valence-electron chi connectivity index (χ0n) is 9.93. The average Bonchev–Trinajstić information content (AvgIpc) is 2.83. The molecule has 0 atom stereocenters. The van der Waals surface area contributed by atoms with Gasteiger partial charge >= 0.3 is 0 Å². The topological polar surface area (TPSA) is 68.8 Å². The van der Waals surface area contributed by atoms with Gasteiger partial charge in [0.1, 0.15) is 5.82 Å². The van der Waals surface area contributed by atoms with Crippen molar-refractivity contribution in [1.29, 1.82) is 0 Å². The molecule has 0 saturated heterocycles. The summed E-state index contributed by atoms with van der Waals surface area (Å²) in [6, 6.07) is 1.91. The molecule has 0 spiro atoms. The van der Waals surface area contributed by atoms with Crippen LogP contribution in [0, 0.1) is 6.92 Å². The minimum Gasteiger partial charge on any atom is -0.396 e. The molecule has 0 aliphatic carbocycles. The number of aromatic nitrogens is 3. The monoisotopic (exact) mass is 231 g/mol. The number of aryl methyl sites for hydroxylation is 2. The van der Waals surface area contributed by atoms with Crippen molar-refractivity contribution < 1.29 is 0 Å². The highest BCUT2D eigenvalue weighted by atomic mass is 15.0. The van der Waals surface area contributed by atoms with E-state index in [0.29, 0.717) is 0 Å². The average molecular weight is 231 g/mol. The molecule has 2 aromatic rings. The zero-order valence-corrected chi connectivity index (χ0v) is 9.93. The Morgan fingerprint density at radius 3 is 3.06 bits per heavy atom. The van der Waals surface area contributed by atoms with Crippen LogP contribution in [0.3, 0.4) is 0 Å². The number of hydrogen-bond donors (Lipinski definition) is 2. The van der Waals surface area contributed by atoms with Crippen LogP contribution in [0.1, 0.15) is 12.0 Å². The van der Waals surface area contributed by atoms with Crippen LogP contribution in [-0.2, 0) is 6.54 Å². The highest BCUT2D eigenvalue weighted by molar-refractivity contribution is 5.64. The molecule has 0 aromatic carbocycles. The van der Waals surface area contributed by atoms with Gasteiger partial charge in [-0.1, -0.05) is 0 Å². The second-order valence-corrected chi connectivity index (χ2v) is 3.97. The smallest absolute Gasteiger partial charge is 0.149 e. The van der Waals surface area contributed by atoms with E-state index in [0.717, 1.165) is 36.6 Å². The summed E-state index contributed by atoms with van der Waals surface area (Å²) >= 11 is 0. The van der Waals surface area contributed by atoms with E-state index in [9.17, 15) is 0 Å². The molecule has 3 N–H and O–H groups in total. The van der Waals surface area contributed by atoms with E-state index >= 15 is 0 Å². The van der Waals surface area contributed by atoms with E-state index in [2.05, 4.69) is 19.9 Å². The Labute approximate surface area is 101 Å². The van der Waals surface area contributed by atoms with Gasteiger partial charge in [0, 0.05) is 31.7 Å². The Bertz CT molecular complexity index is 464. The SMILES string of the molecule is Cc1ccnc(NCCCn2ccnc2)c1N. The fourth-order valence-corrected chi connectivity index (χ4v) is 1.60. The summed E-state index contributed by atoms with van der Waals surface area (Å²) in [5.41, 5.74) is 7.70. The number of anilines is 2. The third-order valence-corrected chi connectivity index (χ3v) is 2.65. The van der Waals surface area contributed by atoms with E-state index in [4.69, 9.17) is 5.73 Å². The molecule has 0 unspecified atom stereocenters. The van der Waals surface area contributed by atoms with Gasteiger partial charge in [-0.25, -0.2) is 9.97 Å². The van der Waals surface area contributed by atoms with Gasteiger partial charge in [-0.05, 0) is 25.0 Å². The second kappa shape index (κ2) is 5.34. The van der Waals surface area contributed by atoms with Gasteiger partial charge in [0.25, 0.3) is 0 Å². The first-order valence-corrected chi connectivity index (χ1v) is 5.68. The predicted octanol–water partition coefficient (Wildman–Crippen LogP) is 1.67. The maximum atomic E-state index is 5.92. The first-order valence-electron chi connectivity index (χ1n) is 5.68. The minimum atomic E-state index is 0.732. The molecule has 0 radical (unpaired) electrons. The number of rotatable bonds is 5. The number of nitrogens with zero attached hydrogens (tertiary/aromatic N) is 3. The van der Waals surface area contributed by atoms with E-state index < -0.39 is 0 Å². The van der Waals surface area contributed by atoms with Crippen LogP contribution in [0.4, 0.5) is 11.5 Å². The Morgan fingerprint density at radius 1 is 1.41 bits per heavy atom. The summed E-state index contributed by atoms with van der Waals surface area (Å²) in [6.07, 6.45) is 8.33. The van der Waals surface area contributed by atoms with Crippen molar-refractivity contribution in [2.24, 2.45) is 0 Å². The van der Waals surface area contributed by atoms with Crippen molar-refractivity contribution in [3.8, 4) is 0 Å². The van der Waals surface area contributed by atoms with Gasteiger partial charge < -0.3 is 15.6 Å². The number of nitrogens with two attached hydrogens (primary N) is 1. The third-order valence-electron chi connectivity index (χ3n) is 2.65. The standard InChI is InChI=1S/C12H17N5/c1-10-3-5-16-12(11(10)13)15-4-2-7-17-8-6-14-9-17/h3,5-6,8-9H,2,4,7,13H2,1H3,(H,15,16). The van der Waals surface area contributed by atoms with Crippen LogP contribution in [-0.4, -0.2) is 21.1 Å². The van der Waals surface area contributed by atoms with E-state index in [1.165, 1.54) is 0 Å². The highest BCUT2D eigenvalue weighted by Gasteiger charge is 2.01. The van der Waals surface area contributed by atoms with Crippen molar-refractivity contribution in [3.63, 3.8) is 0 Å². The van der Waals surface area contributed by atoms with E-state index in [1.54, 1.807) is 12.4 Å². The molecule has 0 aliphatic rings. The lowest BCUT2D eigenvalue weighted by atomic mass is 10.2. The number of hydrogen-bond acceptors (Lipinski definition) is 4. The minimum absolute atomic E-state index is 0.732. The number of imidazole rings is 1. The Hall–Kier alpha value is -2.04. The van der Waals surface area contributed by atoms with Crippen molar-refractivity contribution in [1.82, 2.24) is 14.5 Å². The molecule has 2 aromatic heterocycles. The summed E-state index contributed by atoms with van der Waals surface area (Å²) in [4.78, 5) is 8.21. The largest absolute Gasteiger partial charge is 0.396 e. The Morgan fingerprint density at radius 2 is 2.29 bits per heavy atom. The second-order valence-electron chi connectivity index (χ2n) is 3.97. The highest BCUT2D eigenvalue weighted by Crippen LogP contribution is 2.18. The number of pyridine rings is 1. The summed E-state index contributed by atoms with van der Waals surface area (Å²) in [6.45, 7) is 3.77. The summed E-state index contributed by atoms with van der Waals surface area (Å²) < 4.78 is 2.05. The van der Waals surface area contributed by atoms with Crippen molar-refractivity contribution in [3.05, 3.63) is 36.5 Å². The van der Waals surface area contributed by atoms with Crippen molar-refractivity contribution >= 4 is 11.5 Å². The van der Waals surface area contributed by atoms with Crippen molar-refractivity contribution in [2.75, 3.05) is 17.6 Å². The summed E-state index contributed by atoms with van der Waals surface area (Å²) in [7, 11) is 0. The molecular weight excluding hydrogens is 214 g/mol. The molecule has 0 amide bonds. The molecule has 5 nitrogen and oxygen atoms in total. The molecule has 0 aliphatic heterocycles.